The molecule has 1 fully saturated rings. The van der Waals surface area contributed by atoms with Crippen LogP contribution in [0.25, 0.3) is 22.6 Å². The highest BCUT2D eigenvalue weighted by Crippen LogP contribution is 2.37. The first kappa shape index (κ1) is 23.8. The maximum absolute atomic E-state index is 13.8. The van der Waals surface area contributed by atoms with Gasteiger partial charge in [-0.15, -0.1) is 0 Å². The Bertz CT molecular complexity index is 1170. The summed E-state index contributed by atoms with van der Waals surface area (Å²) in [5.41, 5.74) is 2.59. The number of carbonyl (C=O) groups excluding carboxylic acids is 1. The van der Waals surface area contributed by atoms with Crippen LogP contribution in [0, 0.1) is 5.82 Å². The standard InChI is InChI=1S/C25H30FN5O3/c1-25(2,3)23-30-21(19-9-11-28-24(27-4)29-19)22(15-5-7-16(26)8-6-15)31(23)12-10-18-13-17(32)14-20(33)34-18/h5-9,11,17-18,32H,10,12-14H2,1-4H3,(H,27,28,29)/t17-,18-/m1/s1. The van der Waals surface area contributed by atoms with Crippen LogP contribution in [0.5, 0.6) is 0 Å². The molecule has 0 aliphatic carbocycles. The second-order valence-electron chi connectivity index (χ2n) is 9.55. The van der Waals surface area contributed by atoms with Crippen LogP contribution in [0.2, 0.25) is 0 Å². The predicted octanol–water partition coefficient (Wildman–Crippen LogP) is 3.94. The molecule has 0 saturated carbocycles. The smallest absolute Gasteiger partial charge is 0.308 e. The van der Waals surface area contributed by atoms with Crippen molar-refractivity contribution < 1.29 is 19.0 Å². The monoisotopic (exact) mass is 467 g/mol. The van der Waals surface area contributed by atoms with Crippen molar-refractivity contribution >= 4 is 11.9 Å². The molecule has 2 N–H and O–H groups in total. The van der Waals surface area contributed by atoms with Crippen LogP contribution in [0.15, 0.2) is 36.5 Å². The predicted molar refractivity (Wildman–Crippen MR) is 127 cm³/mol. The first-order valence-corrected chi connectivity index (χ1v) is 11.4. The van der Waals surface area contributed by atoms with Gasteiger partial charge in [0.2, 0.25) is 5.95 Å². The van der Waals surface area contributed by atoms with Gasteiger partial charge in [0.1, 0.15) is 23.4 Å². The Labute approximate surface area is 198 Å². The zero-order chi connectivity index (χ0) is 24.5. The number of aliphatic hydroxyl groups excluding tert-OH is 1. The van der Waals surface area contributed by atoms with Gasteiger partial charge in [-0.3, -0.25) is 4.79 Å². The lowest BCUT2D eigenvalue weighted by Crippen LogP contribution is -2.33. The van der Waals surface area contributed by atoms with Crippen LogP contribution < -0.4 is 5.32 Å². The molecule has 0 unspecified atom stereocenters. The number of nitrogens with zero attached hydrogens (tertiary/aromatic N) is 4. The first-order valence-electron chi connectivity index (χ1n) is 11.4. The van der Waals surface area contributed by atoms with E-state index < -0.39 is 6.10 Å². The SMILES string of the molecule is CNc1nccc(-c2nc(C(C)(C)C)n(CC[C@@H]3C[C@@H](O)CC(=O)O3)c2-c2ccc(F)cc2)n1. The maximum atomic E-state index is 13.8. The van der Waals surface area contributed by atoms with E-state index in [2.05, 4.69) is 40.6 Å². The van der Waals surface area contributed by atoms with Gasteiger partial charge in [-0.2, -0.15) is 0 Å². The lowest BCUT2D eigenvalue weighted by molar-refractivity contribution is -0.160. The molecule has 180 valence electrons. The van der Waals surface area contributed by atoms with Gasteiger partial charge in [0.05, 0.1) is 23.9 Å². The number of carbonyl (C=O) groups is 1. The fourth-order valence-electron chi connectivity index (χ4n) is 4.24. The molecule has 4 rings (SSSR count). The molecule has 0 amide bonds. The molecule has 2 aromatic heterocycles. The van der Waals surface area contributed by atoms with Crippen LogP contribution in [0.3, 0.4) is 0 Å². The third kappa shape index (κ3) is 5.09. The number of hydrogen-bond donors (Lipinski definition) is 2. The van der Waals surface area contributed by atoms with E-state index in [1.165, 1.54) is 12.1 Å². The summed E-state index contributed by atoms with van der Waals surface area (Å²) in [6, 6.07) is 8.09. The van der Waals surface area contributed by atoms with E-state index in [0.717, 1.165) is 17.1 Å². The number of aromatic nitrogens is 4. The average Bonchev–Trinajstić information content (AvgIpc) is 3.18. The second-order valence-corrected chi connectivity index (χ2v) is 9.55. The van der Waals surface area contributed by atoms with Gasteiger partial charge in [-0.05, 0) is 30.3 Å². The van der Waals surface area contributed by atoms with Crippen molar-refractivity contribution in [1.82, 2.24) is 19.5 Å². The Hall–Kier alpha value is -3.33. The number of benzene rings is 1. The molecule has 9 heteroatoms. The molecular formula is C25H30FN5O3. The Morgan fingerprint density at radius 2 is 1.94 bits per heavy atom. The molecular weight excluding hydrogens is 437 g/mol. The summed E-state index contributed by atoms with van der Waals surface area (Å²) < 4.78 is 21.3. The average molecular weight is 468 g/mol. The van der Waals surface area contributed by atoms with Gasteiger partial charge in [0.25, 0.3) is 0 Å². The Kier molecular flexibility index (Phi) is 6.65. The molecule has 8 nitrogen and oxygen atoms in total. The minimum Gasteiger partial charge on any atom is -0.462 e. The fourth-order valence-corrected chi connectivity index (χ4v) is 4.24. The van der Waals surface area contributed by atoms with E-state index in [-0.39, 0.29) is 29.7 Å². The highest BCUT2D eigenvalue weighted by molar-refractivity contribution is 5.78. The number of imidazole rings is 1. The van der Waals surface area contributed by atoms with Gasteiger partial charge in [0, 0.05) is 43.6 Å². The summed E-state index contributed by atoms with van der Waals surface area (Å²) in [6.07, 6.45) is 1.54. The van der Waals surface area contributed by atoms with Crippen LogP contribution in [0.4, 0.5) is 10.3 Å². The molecule has 3 aromatic rings. The number of anilines is 1. The van der Waals surface area contributed by atoms with Crippen molar-refractivity contribution in [3.63, 3.8) is 0 Å². The van der Waals surface area contributed by atoms with E-state index >= 15 is 0 Å². The minimum absolute atomic E-state index is 0.0291. The van der Waals surface area contributed by atoms with E-state index in [4.69, 9.17) is 9.72 Å². The normalized spacial score (nSPS) is 18.6. The molecule has 1 aromatic carbocycles. The molecule has 2 atom stereocenters. The zero-order valence-corrected chi connectivity index (χ0v) is 19.9. The largest absolute Gasteiger partial charge is 0.462 e. The van der Waals surface area contributed by atoms with Gasteiger partial charge in [0.15, 0.2) is 0 Å². The maximum Gasteiger partial charge on any atom is 0.308 e. The second kappa shape index (κ2) is 9.50. The van der Waals surface area contributed by atoms with E-state index in [1.54, 1.807) is 31.4 Å². The highest BCUT2D eigenvalue weighted by atomic mass is 19.1. The van der Waals surface area contributed by atoms with Crippen LogP contribution in [0.1, 0.15) is 45.9 Å². The van der Waals surface area contributed by atoms with E-state index in [1.807, 2.05) is 0 Å². The Balaban J connectivity index is 1.84. The number of aliphatic hydroxyl groups is 1. The van der Waals surface area contributed by atoms with Crippen molar-refractivity contribution in [2.45, 2.75) is 64.2 Å². The quantitative estimate of drug-likeness (QED) is 0.530. The van der Waals surface area contributed by atoms with Gasteiger partial charge >= 0.3 is 5.97 Å². The van der Waals surface area contributed by atoms with Crippen molar-refractivity contribution in [2.24, 2.45) is 0 Å². The number of halogens is 1. The van der Waals surface area contributed by atoms with Crippen molar-refractivity contribution in [3.8, 4) is 22.6 Å². The Morgan fingerprint density at radius 3 is 2.59 bits per heavy atom. The first-order chi connectivity index (χ1) is 16.2. The van der Waals surface area contributed by atoms with Gasteiger partial charge in [-0.25, -0.2) is 19.3 Å². The summed E-state index contributed by atoms with van der Waals surface area (Å²) in [5, 5.41) is 13.0. The molecule has 0 bridgehead atoms. The van der Waals surface area contributed by atoms with Gasteiger partial charge in [-0.1, -0.05) is 20.8 Å². The third-order valence-electron chi connectivity index (χ3n) is 5.79. The van der Waals surface area contributed by atoms with Gasteiger partial charge < -0.3 is 19.7 Å². The number of ether oxygens (including phenoxy) is 1. The Morgan fingerprint density at radius 1 is 1.21 bits per heavy atom. The number of rotatable bonds is 6. The van der Waals surface area contributed by atoms with Crippen molar-refractivity contribution in [2.75, 3.05) is 12.4 Å². The van der Waals surface area contributed by atoms with Crippen LogP contribution in [-0.2, 0) is 21.5 Å². The molecule has 34 heavy (non-hydrogen) atoms. The van der Waals surface area contributed by atoms with Crippen LogP contribution >= 0.6 is 0 Å². The summed E-state index contributed by atoms with van der Waals surface area (Å²) in [5.74, 6) is 0.590. The lowest BCUT2D eigenvalue weighted by Gasteiger charge is -2.27. The fraction of sp³-hybridized carbons (Fsp3) is 0.440. The zero-order valence-electron chi connectivity index (χ0n) is 19.9. The number of cyclic esters (lactones) is 1. The molecule has 1 aliphatic heterocycles. The van der Waals surface area contributed by atoms with E-state index in [0.29, 0.717) is 36.7 Å². The third-order valence-corrected chi connectivity index (χ3v) is 5.79. The number of nitrogens with one attached hydrogen (secondary N) is 1. The summed E-state index contributed by atoms with van der Waals surface area (Å²) in [4.78, 5) is 25.7. The highest BCUT2D eigenvalue weighted by Gasteiger charge is 2.31. The number of esters is 1. The molecule has 0 spiro atoms. The topological polar surface area (TPSA) is 102 Å². The molecule has 0 radical (unpaired) electrons. The summed E-state index contributed by atoms with van der Waals surface area (Å²) >= 11 is 0. The lowest BCUT2D eigenvalue weighted by atomic mass is 9.95. The molecule has 3 heterocycles. The van der Waals surface area contributed by atoms with Crippen molar-refractivity contribution in [3.05, 3.63) is 48.2 Å². The number of hydrogen-bond acceptors (Lipinski definition) is 7. The molecule has 1 aliphatic rings. The molecule has 1 saturated heterocycles. The summed E-state index contributed by atoms with van der Waals surface area (Å²) in [7, 11) is 1.75. The summed E-state index contributed by atoms with van der Waals surface area (Å²) in [6.45, 7) is 6.73. The minimum atomic E-state index is -0.691. The van der Waals surface area contributed by atoms with E-state index in [9.17, 15) is 14.3 Å². The van der Waals surface area contributed by atoms with Crippen LogP contribution in [-0.4, -0.2) is 49.9 Å². The van der Waals surface area contributed by atoms with Crippen molar-refractivity contribution in [1.29, 1.82) is 0 Å².